The number of rotatable bonds is 5. The van der Waals surface area contributed by atoms with Crippen LogP contribution in [-0.2, 0) is 4.79 Å². The molecule has 0 aliphatic rings. The van der Waals surface area contributed by atoms with Gasteiger partial charge in [0.25, 0.3) is 0 Å². The zero-order valence-electron chi connectivity index (χ0n) is 8.16. The van der Waals surface area contributed by atoms with E-state index in [4.69, 9.17) is 0 Å². The van der Waals surface area contributed by atoms with Crippen LogP contribution in [0.3, 0.4) is 0 Å². The fourth-order valence-corrected chi connectivity index (χ4v) is 0.730. The van der Waals surface area contributed by atoms with Crippen molar-refractivity contribution in [3.8, 4) is 0 Å². The molecule has 0 aromatic rings. The molecular weight excluding hydrogens is 164 g/mol. The van der Waals surface area contributed by atoms with Crippen molar-refractivity contribution >= 4 is 6.29 Å². The lowest BCUT2D eigenvalue weighted by Crippen LogP contribution is -2.18. The Kier molecular flexibility index (Phi) is 5.00. The van der Waals surface area contributed by atoms with E-state index in [1.807, 2.05) is 13.0 Å². The minimum atomic E-state index is -0.863. The summed E-state index contributed by atoms with van der Waals surface area (Å²) in [5.41, 5.74) is 0.00711. The maximum Gasteiger partial charge on any atom is 0.143 e. The molecule has 0 rings (SSSR count). The van der Waals surface area contributed by atoms with Crippen molar-refractivity contribution in [1.29, 1.82) is 0 Å². The lowest BCUT2D eigenvalue weighted by Gasteiger charge is -2.14. The van der Waals surface area contributed by atoms with Gasteiger partial charge in [-0.1, -0.05) is 18.2 Å². The van der Waals surface area contributed by atoms with Crippen molar-refractivity contribution in [2.45, 2.75) is 25.9 Å². The lowest BCUT2D eigenvalue weighted by molar-refractivity contribution is -0.104. The summed E-state index contributed by atoms with van der Waals surface area (Å²) in [6.07, 6.45) is 7.82. The Morgan fingerprint density at radius 3 is 2.69 bits per heavy atom. The number of allylic oxidation sites excluding steroid dienone is 3. The van der Waals surface area contributed by atoms with E-state index in [-0.39, 0.29) is 0 Å². The first-order valence-corrected chi connectivity index (χ1v) is 4.16. The minimum absolute atomic E-state index is 0.501. The van der Waals surface area contributed by atoms with Crippen LogP contribution in [0.15, 0.2) is 36.5 Å². The van der Waals surface area contributed by atoms with Crippen molar-refractivity contribution in [2.24, 2.45) is 0 Å². The van der Waals surface area contributed by atoms with Gasteiger partial charge in [0, 0.05) is 0 Å². The summed E-state index contributed by atoms with van der Waals surface area (Å²) in [7, 11) is 0. The van der Waals surface area contributed by atoms with E-state index < -0.39 is 5.60 Å². The highest BCUT2D eigenvalue weighted by Gasteiger charge is 2.11. The molecule has 0 spiro atoms. The average molecular weight is 180 g/mol. The fourth-order valence-electron chi connectivity index (χ4n) is 0.730. The molecule has 0 saturated heterocycles. The summed E-state index contributed by atoms with van der Waals surface area (Å²) >= 11 is 0. The second-order valence-corrected chi connectivity index (χ2v) is 3.21. The molecule has 0 aromatic carbocycles. The Hall–Kier alpha value is -1.15. The molecule has 0 bridgehead atoms. The molecule has 0 heterocycles. The Labute approximate surface area is 79.3 Å². The van der Waals surface area contributed by atoms with E-state index in [1.165, 1.54) is 12.2 Å². The van der Waals surface area contributed by atoms with Crippen molar-refractivity contribution in [2.75, 3.05) is 0 Å². The SMILES string of the molecule is C=CC(C)(O)C/C=C/C(C)=C\C=O. The monoisotopic (exact) mass is 180 g/mol. The maximum absolute atomic E-state index is 10.1. The lowest BCUT2D eigenvalue weighted by atomic mass is 10.0. The van der Waals surface area contributed by atoms with Gasteiger partial charge in [-0.2, -0.15) is 0 Å². The van der Waals surface area contributed by atoms with E-state index in [2.05, 4.69) is 6.58 Å². The Morgan fingerprint density at radius 2 is 2.23 bits per heavy atom. The maximum atomic E-state index is 10.1. The predicted molar refractivity (Wildman–Crippen MR) is 54.4 cm³/mol. The van der Waals surface area contributed by atoms with Gasteiger partial charge in [0.1, 0.15) is 6.29 Å². The van der Waals surface area contributed by atoms with Gasteiger partial charge in [-0.25, -0.2) is 0 Å². The zero-order chi connectivity index (χ0) is 10.3. The highest BCUT2D eigenvalue weighted by Crippen LogP contribution is 2.11. The second-order valence-electron chi connectivity index (χ2n) is 3.21. The van der Waals surface area contributed by atoms with Gasteiger partial charge < -0.3 is 5.11 Å². The van der Waals surface area contributed by atoms with Gasteiger partial charge in [-0.05, 0) is 31.9 Å². The summed E-state index contributed by atoms with van der Waals surface area (Å²) in [6.45, 7) is 7.02. The topological polar surface area (TPSA) is 37.3 Å². The summed E-state index contributed by atoms with van der Waals surface area (Å²) in [4.78, 5) is 10.1. The van der Waals surface area contributed by atoms with E-state index in [9.17, 15) is 9.90 Å². The number of carbonyl (C=O) groups excluding carboxylic acids is 1. The van der Waals surface area contributed by atoms with Gasteiger partial charge in [-0.3, -0.25) is 4.79 Å². The zero-order valence-corrected chi connectivity index (χ0v) is 8.16. The largest absolute Gasteiger partial charge is 0.386 e. The average Bonchev–Trinajstić information content (AvgIpc) is 2.05. The molecule has 0 aliphatic heterocycles. The smallest absolute Gasteiger partial charge is 0.143 e. The van der Waals surface area contributed by atoms with Crippen LogP contribution in [0.25, 0.3) is 0 Å². The molecule has 2 nitrogen and oxygen atoms in total. The van der Waals surface area contributed by atoms with Gasteiger partial charge in [0.15, 0.2) is 0 Å². The predicted octanol–water partition coefficient (Wildman–Crippen LogP) is 2.01. The third-order valence-electron chi connectivity index (χ3n) is 1.68. The number of aliphatic hydroxyl groups is 1. The van der Waals surface area contributed by atoms with Crippen LogP contribution in [0.5, 0.6) is 0 Å². The molecule has 0 fully saturated rings. The summed E-state index contributed by atoms with van der Waals surface area (Å²) < 4.78 is 0. The van der Waals surface area contributed by atoms with Crippen molar-refractivity contribution in [3.05, 3.63) is 36.5 Å². The molecule has 0 aromatic heterocycles. The summed E-state index contributed by atoms with van der Waals surface area (Å²) in [5, 5.41) is 9.51. The second kappa shape index (κ2) is 5.49. The molecule has 0 aliphatic carbocycles. The first-order valence-electron chi connectivity index (χ1n) is 4.16. The molecule has 1 N–H and O–H groups in total. The van der Waals surface area contributed by atoms with Crippen LogP contribution in [0.4, 0.5) is 0 Å². The summed E-state index contributed by atoms with van der Waals surface area (Å²) in [5.74, 6) is 0. The highest BCUT2D eigenvalue weighted by atomic mass is 16.3. The number of aldehydes is 1. The molecule has 0 radical (unpaired) electrons. The standard InChI is InChI=1S/C11H16O2/c1-4-11(3,13)8-5-6-10(2)7-9-12/h4-7,9,13H,1,8H2,2-3H3/b6-5+,10-7-. The number of hydrogen-bond donors (Lipinski definition) is 1. The van der Waals surface area contributed by atoms with E-state index >= 15 is 0 Å². The van der Waals surface area contributed by atoms with Crippen LogP contribution in [0.1, 0.15) is 20.3 Å². The number of carbonyl (C=O) groups is 1. The van der Waals surface area contributed by atoms with Crippen LogP contribution in [0.2, 0.25) is 0 Å². The molecule has 13 heavy (non-hydrogen) atoms. The fraction of sp³-hybridized carbons (Fsp3) is 0.364. The van der Waals surface area contributed by atoms with E-state index in [1.54, 1.807) is 13.0 Å². The minimum Gasteiger partial charge on any atom is -0.386 e. The molecule has 1 atom stereocenters. The van der Waals surface area contributed by atoms with Crippen molar-refractivity contribution in [1.82, 2.24) is 0 Å². The van der Waals surface area contributed by atoms with Gasteiger partial charge in [0.2, 0.25) is 0 Å². The first kappa shape index (κ1) is 11.8. The molecule has 1 unspecified atom stereocenters. The van der Waals surface area contributed by atoms with Crippen LogP contribution in [-0.4, -0.2) is 17.0 Å². The Balaban J connectivity index is 4.09. The van der Waals surface area contributed by atoms with E-state index in [0.29, 0.717) is 6.42 Å². The normalized spacial score (nSPS) is 17.0. The van der Waals surface area contributed by atoms with Gasteiger partial charge >= 0.3 is 0 Å². The molecule has 0 amide bonds. The highest BCUT2D eigenvalue weighted by molar-refractivity contribution is 5.66. The van der Waals surface area contributed by atoms with Crippen LogP contribution < -0.4 is 0 Å². The Morgan fingerprint density at radius 1 is 1.62 bits per heavy atom. The molecule has 72 valence electrons. The first-order chi connectivity index (χ1) is 6.02. The molecule has 0 saturated carbocycles. The Bertz CT molecular complexity index is 234. The third-order valence-corrected chi connectivity index (χ3v) is 1.68. The molecule has 2 heteroatoms. The van der Waals surface area contributed by atoms with Gasteiger partial charge in [0.05, 0.1) is 5.60 Å². The van der Waals surface area contributed by atoms with E-state index in [0.717, 1.165) is 11.9 Å². The third kappa shape index (κ3) is 6.05. The summed E-state index contributed by atoms with van der Waals surface area (Å²) in [6, 6.07) is 0. The van der Waals surface area contributed by atoms with Crippen molar-refractivity contribution in [3.63, 3.8) is 0 Å². The molecular formula is C11H16O2. The van der Waals surface area contributed by atoms with Crippen LogP contribution in [0, 0.1) is 0 Å². The quantitative estimate of drug-likeness (QED) is 0.304. The van der Waals surface area contributed by atoms with Crippen molar-refractivity contribution < 1.29 is 9.90 Å². The van der Waals surface area contributed by atoms with Gasteiger partial charge in [-0.15, -0.1) is 6.58 Å². The number of hydrogen-bond acceptors (Lipinski definition) is 2. The van der Waals surface area contributed by atoms with Crippen LogP contribution >= 0.6 is 0 Å².